The van der Waals surface area contributed by atoms with Crippen LogP contribution in [0.1, 0.15) is 29.3 Å². The summed E-state index contributed by atoms with van der Waals surface area (Å²) in [6.07, 6.45) is 3.20. The molecule has 27 heavy (non-hydrogen) atoms. The number of methoxy groups -OCH3 is 1. The number of rotatable bonds is 4. The van der Waals surface area contributed by atoms with Gasteiger partial charge in [-0.2, -0.15) is 0 Å². The number of aromatic nitrogens is 1. The number of phenolic OH excluding ortho intramolecular Hbond substituents is 1. The van der Waals surface area contributed by atoms with E-state index in [9.17, 15) is 5.11 Å². The molecule has 0 aliphatic carbocycles. The zero-order valence-electron chi connectivity index (χ0n) is 15.3. The van der Waals surface area contributed by atoms with Crippen LogP contribution in [0.3, 0.4) is 0 Å². The number of fused-ring (bicyclic) bond motifs is 1. The average Bonchev–Trinajstić information content (AvgIpc) is 3.06. The van der Waals surface area contributed by atoms with Crippen molar-refractivity contribution in [2.75, 3.05) is 13.7 Å². The predicted molar refractivity (Wildman–Crippen MR) is 107 cm³/mol. The molecule has 2 heterocycles. The second-order valence-electron chi connectivity index (χ2n) is 6.90. The Kier molecular flexibility index (Phi) is 5.10. The number of hydrogen-bond acceptors (Lipinski definition) is 3. The van der Waals surface area contributed by atoms with Crippen LogP contribution in [-0.4, -0.2) is 28.2 Å². The molecule has 1 unspecified atom stereocenters. The van der Waals surface area contributed by atoms with Crippen molar-refractivity contribution in [3.8, 4) is 11.5 Å². The smallest absolute Gasteiger partial charge is 0.120 e. The summed E-state index contributed by atoms with van der Waals surface area (Å²) in [5.41, 5.74) is 3.32. The molecule has 4 rings (SSSR count). The van der Waals surface area contributed by atoms with Gasteiger partial charge in [-0.1, -0.05) is 23.7 Å². The second kappa shape index (κ2) is 7.67. The molecule has 0 saturated heterocycles. The van der Waals surface area contributed by atoms with E-state index in [4.69, 9.17) is 16.3 Å². The van der Waals surface area contributed by atoms with Gasteiger partial charge >= 0.3 is 0 Å². The molecule has 1 atom stereocenters. The molecule has 1 aromatic heterocycles. The van der Waals surface area contributed by atoms with Crippen molar-refractivity contribution in [2.45, 2.75) is 25.6 Å². The Morgan fingerprint density at radius 3 is 2.70 bits per heavy atom. The van der Waals surface area contributed by atoms with Crippen LogP contribution in [0.25, 0.3) is 0 Å². The molecule has 0 fully saturated rings. The lowest BCUT2D eigenvalue weighted by atomic mass is 10.0. The molecule has 2 aromatic carbocycles. The quantitative estimate of drug-likeness (QED) is 0.700. The summed E-state index contributed by atoms with van der Waals surface area (Å²) in [6.45, 7) is 2.56. The average molecular weight is 383 g/mol. The molecule has 3 aromatic rings. The highest BCUT2D eigenvalue weighted by atomic mass is 35.5. The van der Waals surface area contributed by atoms with Crippen LogP contribution in [0.5, 0.6) is 11.5 Å². The highest BCUT2D eigenvalue weighted by Gasteiger charge is 2.28. The Labute approximate surface area is 164 Å². The Balaban J connectivity index is 1.74. The summed E-state index contributed by atoms with van der Waals surface area (Å²) in [6, 6.07) is 17.9. The first kappa shape index (κ1) is 18.0. The zero-order valence-corrected chi connectivity index (χ0v) is 16.1. The minimum absolute atomic E-state index is 0.104. The minimum atomic E-state index is 0.104. The molecule has 0 radical (unpaired) electrons. The van der Waals surface area contributed by atoms with Crippen LogP contribution in [0.4, 0.5) is 0 Å². The van der Waals surface area contributed by atoms with Crippen molar-refractivity contribution in [3.63, 3.8) is 0 Å². The van der Waals surface area contributed by atoms with Gasteiger partial charge in [0.1, 0.15) is 11.5 Å². The van der Waals surface area contributed by atoms with Gasteiger partial charge in [-0.05, 0) is 54.4 Å². The molecule has 1 aliphatic heterocycles. The van der Waals surface area contributed by atoms with Crippen molar-refractivity contribution in [3.05, 3.63) is 82.6 Å². The van der Waals surface area contributed by atoms with Crippen LogP contribution in [-0.2, 0) is 13.1 Å². The summed E-state index contributed by atoms with van der Waals surface area (Å²) in [5.74, 6) is 1.13. The molecule has 1 aliphatic rings. The lowest BCUT2D eigenvalue weighted by Gasteiger charge is -2.31. The summed E-state index contributed by atoms with van der Waals surface area (Å²) in [4.78, 5) is 2.41. The number of benzene rings is 2. The monoisotopic (exact) mass is 382 g/mol. The van der Waals surface area contributed by atoms with Gasteiger partial charge in [0.2, 0.25) is 0 Å². The number of aryl methyl sites for hydroxylation is 1. The third kappa shape index (κ3) is 3.68. The van der Waals surface area contributed by atoms with Gasteiger partial charge < -0.3 is 14.4 Å². The standard InChI is InChI=1S/C22H23ClN2O2/c1-27-19-8-5-16(6-9-19)22-20-4-2-11-24(20)12-3-13-25(22)15-17-14-18(23)7-10-21(17)26/h2,4-11,14,22,26H,3,12-13,15H2,1H3. The highest BCUT2D eigenvalue weighted by molar-refractivity contribution is 6.30. The van der Waals surface area contributed by atoms with E-state index in [0.717, 1.165) is 30.8 Å². The van der Waals surface area contributed by atoms with Crippen molar-refractivity contribution < 1.29 is 9.84 Å². The predicted octanol–water partition coefficient (Wildman–Crippen LogP) is 4.85. The maximum Gasteiger partial charge on any atom is 0.120 e. The first-order valence-corrected chi connectivity index (χ1v) is 9.54. The number of nitrogens with zero attached hydrogens (tertiary/aromatic N) is 2. The third-order valence-corrected chi connectivity index (χ3v) is 5.44. The van der Waals surface area contributed by atoms with Gasteiger partial charge in [0.25, 0.3) is 0 Å². The van der Waals surface area contributed by atoms with Crippen LogP contribution >= 0.6 is 11.6 Å². The second-order valence-corrected chi connectivity index (χ2v) is 7.34. The molecule has 0 saturated carbocycles. The van der Waals surface area contributed by atoms with Gasteiger partial charge in [-0.25, -0.2) is 0 Å². The van der Waals surface area contributed by atoms with E-state index in [2.05, 4.69) is 39.9 Å². The Morgan fingerprint density at radius 2 is 1.93 bits per heavy atom. The van der Waals surface area contributed by atoms with Gasteiger partial charge in [0.15, 0.2) is 0 Å². The van der Waals surface area contributed by atoms with Crippen LogP contribution in [0.2, 0.25) is 5.02 Å². The number of phenols is 1. The van der Waals surface area contributed by atoms with E-state index in [1.54, 1.807) is 19.2 Å². The summed E-state index contributed by atoms with van der Waals surface area (Å²) in [5, 5.41) is 11.0. The van der Waals surface area contributed by atoms with Crippen LogP contribution in [0, 0.1) is 0 Å². The fourth-order valence-electron chi connectivity index (χ4n) is 3.88. The topological polar surface area (TPSA) is 37.6 Å². The fraction of sp³-hybridized carbons (Fsp3) is 0.273. The van der Waals surface area contributed by atoms with E-state index in [-0.39, 0.29) is 11.8 Å². The molecular weight excluding hydrogens is 360 g/mol. The van der Waals surface area contributed by atoms with Gasteiger partial charge in [0, 0.05) is 42.1 Å². The summed E-state index contributed by atoms with van der Waals surface area (Å²) in [7, 11) is 1.68. The number of aromatic hydroxyl groups is 1. The van der Waals surface area contributed by atoms with E-state index in [0.29, 0.717) is 11.6 Å². The first-order valence-electron chi connectivity index (χ1n) is 9.16. The van der Waals surface area contributed by atoms with E-state index in [1.165, 1.54) is 11.3 Å². The summed E-state index contributed by atoms with van der Waals surface area (Å²) < 4.78 is 7.65. The molecular formula is C22H23ClN2O2. The number of ether oxygens (including phenoxy) is 1. The molecule has 1 N–H and O–H groups in total. The summed E-state index contributed by atoms with van der Waals surface area (Å²) >= 11 is 6.17. The number of hydrogen-bond donors (Lipinski definition) is 1. The zero-order chi connectivity index (χ0) is 18.8. The lowest BCUT2D eigenvalue weighted by molar-refractivity contribution is 0.217. The molecule has 140 valence electrons. The van der Waals surface area contributed by atoms with Crippen LogP contribution in [0.15, 0.2) is 60.8 Å². The Bertz CT molecular complexity index is 920. The van der Waals surface area contributed by atoms with E-state index < -0.39 is 0 Å². The molecule has 0 bridgehead atoms. The molecule has 5 heteroatoms. The normalized spacial score (nSPS) is 17.3. The van der Waals surface area contributed by atoms with Gasteiger partial charge in [0.05, 0.1) is 13.2 Å². The Morgan fingerprint density at radius 1 is 1.11 bits per heavy atom. The van der Waals surface area contributed by atoms with Gasteiger partial charge in [-0.3, -0.25) is 4.90 Å². The molecule has 4 nitrogen and oxygen atoms in total. The largest absolute Gasteiger partial charge is 0.508 e. The first-order chi connectivity index (χ1) is 13.2. The fourth-order valence-corrected chi connectivity index (χ4v) is 4.07. The van der Waals surface area contributed by atoms with Crippen molar-refractivity contribution in [1.82, 2.24) is 9.47 Å². The number of halogens is 1. The highest BCUT2D eigenvalue weighted by Crippen LogP contribution is 2.35. The van der Waals surface area contributed by atoms with Crippen molar-refractivity contribution in [1.29, 1.82) is 0 Å². The van der Waals surface area contributed by atoms with Crippen molar-refractivity contribution in [2.24, 2.45) is 0 Å². The maximum absolute atomic E-state index is 10.3. The molecule has 0 spiro atoms. The Hall–Kier alpha value is -2.43. The van der Waals surface area contributed by atoms with Gasteiger partial charge in [-0.15, -0.1) is 0 Å². The van der Waals surface area contributed by atoms with Crippen molar-refractivity contribution >= 4 is 11.6 Å². The lowest BCUT2D eigenvalue weighted by Crippen LogP contribution is -2.29. The molecule has 0 amide bonds. The third-order valence-electron chi connectivity index (χ3n) is 5.20. The van der Waals surface area contributed by atoms with Crippen LogP contribution < -0.4 is 4.74 Å². The van der Waals surface area contributed by atoms with E-state index in [1.807, 2.05) is 18.2 Å². The minimum Gasteiger partial charge on any atom is -0.508 e. The maximum atomic E-state index is 10.3. The van der Waals surface area contributed by atoms with E-state index >= 15 is 0 Å². The SMILES string of the molecule is COc1ccc(C2c3cccn3CCCN2Cc2cc(Cl)ccc2O)cc1.